The van der Waals surface area contributed by atoms with Crippen LogP contribution in [0, 0.1) is 5.82 Å². The number of fused-ring (bicyclic) bond motifs is 2. The number of hydrogen-bond acceptors (Lipinski definition) is 2. The Morgan fingerprint density at radius 1 is 1.15 bits per heavy atom. The van der Waals surface area contributed by atoms with Gasteiger partial charge in [-0.15, -0.1) is 0 Å². The first-order valence-electron chi connectivity index (χ1n) is 6.68. The van der Waals surface area contributed by atoms with Crippen molar-refractivity contribution in [3.63, 3.8) is 0 Å². The van der Waals surface area contributed by atoms with Gasteiger partial charge in [0, 0.05) is 25.7 Å². The van der Waals surface area contributed by atoms with Crippen molar-refractivity contribution in [1.29, 1.82) is 0 Å². The third-order valence-corrected chi connectivity index (χ3v) is 3.96. The lowest BCUT2D eigenvalue weighted by molar-refractivity contribution is 0.637. The Hall–Kier alpha value is -2.20. The quantitative estimate of drug-likeness (QED) is 0.734. The number of aromatic nitrogens is 2. The Bertz CT molecular complexity index is 820. The summed E-state index contributed by atoms with van der Waals surface area (Å²) < 4.78 is 15.8. The molecule has 0 fully saturated rings. The van der Waals surface area contributed by atoms with Crippen molar-refractivity contribution in [2.75, 3.05) is 0 Å². The largest absolute Gasteiger partial charge is 0.327 e. The molecule has 4 heteroatoms. The standard InChI is InChI=1S/C16H14FN3/c1-20-14-4-2-3-13(17)15(14)19-16(20)10-5-6-11-8-18-9-12(11)7-10/h2-7,18H,8-9H2,1H3. The molecule has 2 heterocycles. The Morgan fingerprint density at radius 3 is 2.85 bits per heavy atom. The molecule has 0 bridgehead atoms. The molecule has 3 aromatic rings. The molecule has 0 unspecified atom stereocenters. The summed E-state index contributed by atoms with van der Waals surface area (Å²) in [6.07, 6.45) is 0. The van der Waals surface area contributed by atoms with Gasteiger partial charge in [-0.3, -0.25) is 0 Å². The Labute approximate surface area is 116 Å². The molecule has 3 nitrogen and oxygen atoms in total. The molecule has 0 saturated heterocycles. The highest BCUT2D eigenvalue weighted by molar-refractivity contribution is 5.81. The molecule has 20 heavy (non-hydrogen) atoms. The third kappa shape index (κ3) is 1.58. The van der Waals surface area contributed by atoms with Gasteiger partial charge in [0.15, 0.2) is 5.82 Å². The van der Waals surface area contributed by atoms with Gasteiger partial charge in [0.25, 0.3) is 0 Å². The van der Waals surface area contributed by atoms with E-state index in [1.807, 2.05) is 17.7 Å². The SMILES string of the molecule is Cn1c(-c2ccc3c(c2)CNC3)nc2c(F)cccc21. The molecule has 1 aliphatic heterocycles. The van der Waals surface area contributed by atoms with E-state index in [9.17, 15) is 4.39 Å². The molecule has 0 radical (unpaired) electrons. The summed E-state index contributed by atoms with van der Waals surface area (Å²) in [4.78, 5) is 4.48. The van der Waals surface area contributed by atoms with Gasteiger partial charge in [-0.05, 0) is 29.3 Å². The normalized spacial score (nSPS) is 13.9. The molecule has 2 aromatic carbocycles. The van der Waals surface area contributed by atoms with E-state index >= 15 is 0 Å². The lowest BCUT2D eigenvalue weighted by Crippen LogP contribution is -1.99. The zero-order chi connectivity index (χ0) is 13.7. The predicted molar refractivity (Wildman–Crippen MR) is 76.7 cm³/mol. The van der Waals surface area contributed by atoms with Crippen molar-refractivity contribution in [3.05, 3.63) is 53.3 Å². The van der Waals surface area contributed by atoms with Crippen molar-refractivity contribution >= 4 is 11.0 Å². The number of nitrogens with zero attached hydrogens (tertiary/aromatic N) is 2. The minimum absolute atomic E-state index is 0.271. The molecule has 1 aliphatic rings. The van der Waals surface area contributed by atoms with Crippen LogP contribution in [-0.2, 0) is 20.1 Å². The van der Waals surface area contributed by atoms with Gasteiger partial charge in [-0.25, -0.2) is 9.37 Å². The first-order chi connectivity index (χ1) is 9.74. The van der Waals surface area contributed by atoms with Gasteiger partial charge < -0.3 is 9.88 Å². The second kappa shape index (κ2) is 4.15. The van der Waals surface area contributed by atoms with Gasteiger partial charge in [0.2, 0.25) is 0 Å². The number of para-hydroxylation sites is 1. The van der Waals surface area contributed by atoms with E-state index in [4.69, 9.17) is 0 Å². The van der Waals surface area contributed by atoms with E-state index in [2.05, 4.69) is 28.5 Å². The molecule has 4 rings (SSSR count). The Morgan fingerprint density at radius 2 is 2.00 bits per heavy atom. The zero-order valence-corrected chi connectivity index (χ0v) is 11.2. The van der Waals surface area contributed by atoms with Gasteiger partial charge >= 0.3 is 0 Å². The topological polar surface area (TPSA) is 29.9 Å². The second-order valence-corrected chi connectivity index (χ2v) is 5.19. The molecular weight excluding hydrogens is 253 g/mol. The maximum atomic E-state index is 13.8. The number of aryl methyl sites for hydroxylation is 1. The first kappa shape index (κ1) is 11.6. The van der Waals surface area contributed by atoms with Gasteiger partial charge in [-0.2, -0.15) is 0 Å². The number of benzene rings is 2. The van der Waals surface area contributed by atoms with Crippen molar-refractivity contribution in [2.24, 2.45) is 7.05 Å². The van der Waals surface area contributed by atoms with E-state index in [-0.39, 0.29) is 5.82 Å². The summed E-state index contributed by atoms with van der Waals surface area (Å²) in [6.45, 7) is 1.81. The maximum Gasteiger partial charge on any atom is 0.151 e. The monoisotopic (exact) mass is 267 g/mol. The molecule has 0 saturated carbocycles. The number of imidazole rings is 1. The number of rotatable bonds is 1. The van der Waals surface area contributed by atoms with Crippen molar-refractivity contribution < 1.29 is 4.39 Å². The second-order valence-electron chi connectivity index (χ2n) is 5.19. The van der Waals surface area contributed by atoms with E-state index in [1.54, 1.807) is 6.07 Å². The Balaban J connectivity index is 1.94. The van der Waals surface area contributed by atoms with Crippen LogP contribution >= 0.6 is 0 Å². The van der Waals surface area contributed by atoms with Crippen molar-refractivity contribution in [3.8, 4) is 11.4 Å². The minimum atomic E-state index is -0.271. The predicted octanol–water partition coefficient (Wildman–Crippen LogP) is 2.98. The Kier molecular flexibility index (Phi) is 2.41. The highest BCUT2D eigenvalue weighted by Crippen LogP contribution is 2.28. The summed E-state index contributed by atoms with van der Waals surface area (Å²) in [5.74, 6) is 0.534. The van der Waals surface area contributed by atoms with Gasteiger partial charge in [0.05, 0.1) is 5.52 Å². The molecule has 0 amide bonds. The fourth-order valence-corrected chi connectivity index (χ4v) is 2.87. The van der Waals surface area contributed by atoms with Crippen LogP contribution in [0.4, 0.5) is 4.39 Å². The van der Waals surface area contributed by atoms with Crippen LogP contribution in [0.3, 0.4) is 0 Å². The number of hydrogen-bond donors (Lipinski definition) is 1. The molecule has 0 aliphatic carbocycles. The lowest BCUT2D eigenvalue weighted by atomic mass is 10.1. The van der Waals surface area contributed by atoms with Crippen LogP contribution in [0.5, 0.6) is 0 Å². The molecule has 1 N–H and O–H groups in total. The zero-order valence-electron chi connectivity index (χ0n) is 11.2. The third-order valence-electron chi connectivity index (χ3n) is 3.96. The van der Waals surface area contributed by atoms with Crippen molar-refractivity contribution in [1.82, 2.24) is 14.9 Å². The fourth-order valence-electron chi connectivity index (χ4n) is 2.87. The average molecular weight is 267 g/mol. The molecule has 0 atom stereocenters. The van der Waals surface area contributed by atoms with E-state index in [0.29, 0.717) is 5.52 Å². The van der Waals surface area contributed by atoms with Crippen LogP contribution in [0.2, 0.25) is 0 Å². The minimum Gasteiger partial charge on any atom is -0.327 e. The van der Waals surface area contributed by atoms with Crippen LogP contribution in [0.1, 0.15) is 11.1 Å². The van der Waals surface area contributed by atoms with Gasteiger partial charge in [0.1, 0.15) is 11.3 Å². The van der Waals surface area contributed by atoms with Crippen LogP contribution in [-0.4, -0.2) is 9.55 Å². The van der Waals surface area contributed by atoms with E-state index in [1.165, 1.54) is 17.2 Å². The highest BCUT2D eigenvalue weighted by atomic mass is 19.1. The molecule has 100 valence electrons. The lowest BCUT2D eigenvalue weighted by Gasteiger charge is -2.05. The average Bonchev–Trinajstić information content (AvgIpc) is 3.04. The maximum absolute atomic E-state index is 13.8. The van der Waals surface area contributed by atoms with Crippen LogP contribution < -0.4 is 5.32 Å². The fraction of sp³-hybridized carbons (Fsp3) is 0.188. The summed E-state index contributed by atoms with van der Waals surface area (Å²) in [7, 11) is 1.93. The smallest absolute Gasteiger partial charge is 0.151 e. The summed E-state index contributed by atoms with van der Waals surface area (Å²) in [5, 5.41) is 3.33. The molecule has 0 spiro atoms. The first-order valence-corrected chi connectivity index (χ1v) is 6.68. The van der Waals surface area contributed by atoms with Gasteiger partial charge in [-0.1, -0.05) is 18.2 Å². The molecular formula is C16H14FN3. The number of nitrogens with one attached hydrogen (secondary N) is 1. The summed E-state index contributed by atoms with van der Waals surface area (Å²) in [6, 6.07) is 11.4. The van der Waals surface area contributed by atoms with E-state index in [0.717, 1.165) is 30.0 Å². The van der Waals surface area contributed by atoms with E-state index < -0.39 is 0 Å². The summed E-state index contributed by atoms with van der Waals surface area (Å²) >= 11 is 0. The van der Waals surface area contributed by atoms with Crippen LogP contribution in [0.25, 0.3) is 22.4 Å². The van der Waals surface area contributed by atoms with Crippen molar-refractivity contribution in [2.45, 2.75) is 13.1 Å². The number of halogens is 1. The molecule has 1 aromatic heterocycles. The highest BCUT2D eigenvalue weighted by Gasteiger charge is 2.15. The van der Waals surface area contributed by atoms with Crippen LogP contribution in [0.15, 0.2) is 36.4 Å². The summed E-state index contributed by atoms with van der Waals surface area (Å²) in [5.41, 5.74) is 4.92.